The van der Waals surface area contributed by atoms with Crippen LogP contribution >= 0.6 is 11.6 Å². The number of amides is 1. The van der Waals surface area contributed by atoms with E-state index in [9.17, 15) is 17.6 Å². The van der Waals surface area contributed by atoms with E-state index in [2.05, 4.69) is 0 Å². The standard InChI is InChI=1S/C20H20ClFN2O3S/c21-17-8-6-16(7-9-17)10-15-28(26,27)24-12-3-11-23(13-14-24)20(25)18-4-1-2-5-19(18)22/h1-2,4-10,15H,3,11-14H2/b15-10+. The van der Waals surface area contributed by atoms with Gasteiger partial charge in [0.25, 0.3) is 5.91 Å². The minimum Gasteiger partial charge on any atom is -0.337 e. The number of hydrogen-bond donors (Lipinski definition) is 0. The topological polar surface area (TPSA) is 57.7 Å². The van der Waals surface area contributed by atoms with Gasteiger partial charge in [-0.3, -0.25) is 4.79 Å². The van der Waals surface area contributed by atoms with Crippen molar-refractivity contribution in [3.05, 3.63) is 75.9 Å². The third-order valence-corrected chi connectivity index (χ3v) is 6.33. The second-order valence-corrected chi connectivity index (χ2v) is 8.68. The molecule has 1 aliphatic rings. The van der Waals surface area contributed by atoms with Crippen LogP contribution in [-0.4, -0.2) is 49.7 Å². The lowest BCUT2D eigenvalue weighted by Crippen LogP contribution is -2.37. The number of nitrogens with zero attached hydrogens (tertiary/aromatic N) is 2. The van der Waals surface area contributed by atoms with Crippen LogP contribution in [0.2, 0.25) is 5.02 Å². The van der Waals surface area contributed by atoms with E-state index in [-0.39, 0.29) is 18.7 Å². The fraction of sp³-hybridized carbons (Fsp3) is 0.250. The van der Waals surface area contributed by atoms with Crippen molar-refractivity contribution < 1.29 is 17.6 Å². The van der Waals surface area contributed by atoms with Crippen LogP contribution in [0.15, 0.2) is 53.9 Å². The molecule has 0 aliphatic carbocycles. The zero-order valence-corrected chi connectivity index (χ0v) is 16.7. The summed E-state index contributed by atoms with van der Waals surface area (Å²) in [5, 5.41) is 1.73. The molecule has 1 fully saturated rings. The van der Waals surface area contributed by atoms with E-state index in [1.807, 2.05) is 0 Å². The van der Waals surface area contributed by atoms with Crippen LogP contribution in [0, 0.1) is 5.82 Å². The van der Waals surface area contributed by atoms with Crippen LogP contribution in [-0.2, 0) is 10.0 Å². The van der Waals surface area contributed by atoms with Gasteiger partial charge in [-0.05, 0) is 42.3 Å². The molecule has 5 nitrogen and oxygen atoms in total. The van der Waals surface area contributed by atoms with Gasteiger partial charge in [-0.2, -0.15) is 4.31 Å². The van der Waals surface area contributed by atoms with Gasteiger partial charge in [0.1, 0.15) is 5.82 Å². The molecule has 2 aromatic carbocycles. The smallest absolute Gasteiger partial charge is 0.256 e. The molecule has 3 rings (SSSR count). The van der Waals surface area contributed by atoms with Gasteiger partial charge in [-0.25, -0.2) is 12.8 Å². The quantitative estimate of drug-likeness (QED) is 0.756. The van der Waals surface area contributed by atoms with E-state index < -0.39 is 21.7 Å². The first-order chi connectivity index (χ1) is 13.4. The van der Waals surface area contributed by atoms with Crippen molar-refractivity contribution in [2.45, 2.75) is 6.42 Å². The normalized spacial score (nSPS) is 16.3. The number of rotatable bonds is 4. The zero-order valence-electron chi connectivity index (χ0n) is 15.1. The van der Waals surface area contributed by atoms with E-state index in [4.69, 9.17) is 11.6 Å². The van der Waals surface area contributed by atoms with Crippen molar-refractivity contribution >= 4 is 33.6 Å². The SMILES string of the molecule is O=C(c1ccccc1F)N1CCCN(S(=O)(=O)/C=C/c2ccc(Cl)cc2)CC1. The third kappa shape index (κ3) is 4.98. The molecule has 148 valence electrons. The highest BCUT2D eigenvalue weighted by molar-refractivity contribution is 7.92. The molecule has 1 heterocycles. The van der Waals surface area contributed by atoms with Crippen molar-refractivity contribution in [1.82, 2.24) is 9.21 Å². The highest BCUT2D eigenvalue weighted by atomic mass is 35.5. The predicted octanol–water partition coefficient (Wildman–Crippen LogP) is 3.63. The van der Waals surface area contributed by atoms with Gasteiger partial charge in [0.2, 0.25) is 10.0 Å². The Morgan fingerprint density at radius 2 is 1.71 bits per heavy atom. The number of halogens is 2. The summed E-state index contributed by atoms with van der Waals surface area (Å²) in [6.07, 6.45) is 1.99. The molecule has 28 heavy (non-hydrogen) atoms. The van der Waals surface area contributed by atoms with E-state index in [0.717, 1.165) is 11.0 Å². The fourth-order valence-electron chi connectivity index (χ4n) is 2.98. The minimum atomic E-state index is -3.63. The summed E-state index contributed by atoms with van der Waals surface area (Å²) in [5.41, 5.74) is 0.723. The van der Waals surface area contributed by atoms with E-state index in [1.54, 1.807) is 30.3 Å². The summed E-state index contributed by atoms with van der Waals surface area (Å²) in [6, 6.07) is 12.6. The summed E-state index contributed by atoms with van der Waals surface area (Å²) >= 11 is 5.83. The monoisotopic (exact) mass is 422 g/mol. The third-order valence-electron chi connectivity index (χ3n) is 4.51. The first-order valence-corrected chi connectivity index (χ1v) is 10.7. The van der Waals surface area contributed by atoms with Crippen LogP contribution < -0.4 is 0 Å². The molecule has 1 amide bonds. The molecule has 0 atom stereocenters. The van der Waals surface area contributed by atoms with Gasteiger partial charge < -0.3 is 4.90 Å². The highest BCUT2D eigenvalue weighted by Crippen LogP contribution is 2.16. The molecule has 8 heteroatoms. The van der Waals surface area contributed by atoms with Gasteiger partial charge in [0.15, 0.2) is 0 Å². The van der Waals surface area contributed by atoms with E-state index >= 15 is 0 Å². The summed E-state index contributed by atoms with van der Waals surface area (Å²) < 4.78 is 40.5. The maximum atomic E-state index is 13.9. The second kappa shape index (κ2) is 8.86. The van der Waals surface area contributed by atoms with Gasteiger partial charge in [0, 0.05) is 36.6 Å². The maximum absolute atomic E-state index is 13.9. The van der Waals surface area contributed by atoms with Gasteiger partial charge in [-0.1, -0.05) is 35.9 Å². The molecule has 2 aromatic rings. The molecule has 1 saturated heterocycles. The van der Waals surface area contributed by atoms with E-state index in [0.29, 0.717) is 24.5 Å². The Morgan fingerprint density at radius 1 is 1.00 bits per heavy atom. The minimum absolute atomic E-state index is 0.00133. The average Bonchev–Trinajstić information content (AvgIpc) is 2.94. The molecule has 0 saturated carbocycles. The molecular formula is C20H20ClFN2O3S. The number of hydrogen-bond acceptors (Lipinski definition) is 3. The number of carbonyl (C=O) groups excluding carboxylic acids is 1. The van der Waals surface area contributed by atoms with Crippen molar-refractivity contribution in [3.63, 3.8) is 0 Å². The Morgan fingerprint density at radius 3 is 2.43 bits per heavy atom. The molecule has 0 bridgehead atoms. The summed E-state index contributed by atoms with van der Waals surface area (Å²) in [5.74, 6) is -0.999. The van der Waals surface area contributed by atoms with Crippen LogP contribution in [0.5, 0.6) is 0 Å². The lowest BCUT2D eigenvalue weighted by Gasteiger charge is -2.21. The Labute approximate surface area is 169 Å². The van der Waals surface area contributed by atoms with Crippen LogP contribution in [0.3, 0.4) is 0 Å². The zero-order chi connectivity index (χ0) is 20.1. The molecule has 0 unspecified atom stereocenters. The number of benzene rings is 2. The Hall–Kier alpha value is -2.22. The Bertz CT molecular complexity index is 977. The summed E-state index contributed by atoms with van der Waals surface area (Å²) in [6.45, 7) is 1.04. The van der Waals surface area contributed by atoms with Crippen molar-refractivity contribution in [1.29, 1.82) is 0 Å². The first kappa shape index (κ1) is 20.5. The fourth-order valence-corrected chi connectivity index (χ4v) is 4.33. The molecular weight excluding hydrogens is 403 g/mol. The van der Waals surface area contributed by atoms with Crippen molar-refractivity contribution in [3.8, 4) is 0 Å². The number of carbonyl (C=O) groups is 1. The largest absolute Gasteiger partial charge is 0.337 e. The van der Waals surface area contributed by atoms with Crippen LogP contribution in [0.25, 0.3) is 6.08 Å². The molecule has 0 radical (unpaired) electrons. The molecule has 0 aromatic heterocycles. The lowest BCUT2D eigenvalue weighted by atomic mass is 10.2. The van der Waals surface area contributed by atoms with Crippen molar-refractivity contribution in [2.24, 2.45) is 0 Å². The predicted molar refractivity (Wildman–Crippen MR) is 108 cm³/mol. The second-order valence-electron chi connectivity index (χ2n) is 6.42. The molecule has 0 N–H and O–H groups in total. The van der Waals surface area contributed by atoms with Crippen LogP contribution in [0.1, 0.15) is 22.3 Å². The number of sulfonamides is 1. The highest BCUT2D eigenvalue weighted by Gasteiger charge is 2.26. The van der Waals surface area contributed by atoms with Crippen molar-refractivity contribution in [2.75, 3.05) is 26.2 Å². The van der Waals surface area contributed by atoms with Gasteiger partial charge >= 0.3 is 0 Å². The van der Waals surface area contributed by atoms with Gasteiger partial charge in [-0.15, -0.1) is 0 Å². The summed E-state index contributed by atoms with van der Waals surface area (Å²) in [7, 11) is -3.63. The molecule has 0 spiro atoms. The average molecular weight is 423 g/mol. The Kier molecular flexibility index (Phi) is 6.49. The Balaban J connectivity index is 1.68. The van der Waals surface area contributed by atoms with E-state index in [1.165, 1.54) is 33.5 Å². The molecule has 1 aliphatic heterocycles. The van der Waals surface area contributed by atoms with Crippen LogP contribution in [0.4, 0.5) is 4.39 Å². The maximum Gasteiger partial charge on any atom is 0.256 e. The summed E-state index contributed by atoms with van der Waals surface area (Å²) in [4.78, 5) is 14.1. The lowest BCUT2D eigenvalue weighted by molar-refractivity contribution is 0.0759. The van der Waals surface area contributed by atoms with Gasteiger partial charge in [0.05, 0.1) is 5.56 Å². The first-order valence-electron chi connectivity index (χ1n) is 8.84.